The van der Waals surface area contributed by atoms with Gasteiger partial charge in [-0.05, 0) is 40.5 Å². The quantitative estimate of drug-likeness (QED) is 0.881. The van der Waals surface area contributed by atoms with E-state index in [2.05, 4.69) is 33.3 Å². The molecule has 2 aromatic rings. The molecule has 0 aliphatic rings. The molecule has 5 heteroatoms. The lowest BCUT2D eigenvalue weighted by Gasteiger charge is -2.11. The van der Waals surface area contributed by atoms with E-state index in [9.17, 15) is 0 Å². The van der Waals surface area contributed by atoms with E-state index in [0.717, 1.165) is 35.4 Å². The molecule has 0 saturated carbocycles. The molecule has 1 heterocycles. The van der Waals surface area contributed by atoms with Gasteiger partial charge in [-0.1, -0.05) is 6.92 Å². The van der Waals surface area contributed by atoms with Gasteiger partial charge in [0.05, 0.1) is 25.0 Å². The predicted molar refractivity (Wildman–Crippen MR) is 80.5 cm³/mol. The Bertz CT molecular complexity index is 539. The largest absolute Gasteiger partial charge is 0.497 e. The molecule has 0 fully saturated rings. The number of aryl methyl sites for hydroxylation is 1. The highest BCUT2D eigenvalue weighted by atomic mass is 79.9. The lowest BCUT2D eigenvalue weighted by molar-refractivity contribution is 0.415. The molecule has 0 bridgehead atoms. The molecule has 1 aromatic heterocycles. The van der Waals surface area contributed by atoms with Crippen LogP contribution in [0.1, 0.15) is 19.0 Å². The number of halogens is 1. The Balaban J connectivity index is 2.07. The van der Waals surface area contributed by atoms with Crippen molar-refractivity contribution in [1.82, 2.24) is 9.78 Å². The third kappa shape index (κ3) is 3.50. The van der Waals surface area contributed by atoms with Crippen LogP contribution in [0.25, 0.3) is 0 Å². The van der Waals surface area contributed by atoms with Crippen LogP contribution < -0.4 is 10.1 Å². The molecule has 1 N–H and O–H groups in total. The molecule has 102 valence electrons. The second-order valence-electron chi connectivity index (χ2n) is 4.25. The first kappa shape index (κ1) is 13.9. The summed E-state index contributed by atoms with van der Waals surface area (Å²) in [5, 5.41) is 7.72. The highest BCUT2D eigenvalue weighted by molar-refractivity contribution is 9.10. The molecule has 19 heavy (non-hydrogen) atoms. The maximum atomic E-state index is 5.23. The number of anilines is 1. The van der Waals surface area contributed by atoms with Crippen LogP contribution in [0.4, 0.5) is 5.69 Å². The van der Waals surface area contributed by atoms with Gasteiger partial charge in [0.2, 0.25) is 0 Å². The van der Waals surface area contributed by atoms with Crippen molar-refractivity contribution in [3.8, 4) is 5.75 Å². The zero-order chi connectivity index (χ0) is 13.7. The number of nitrogens with one attached hydrogen (secondary N) is 1. The molecular weight excluding hydrogens is 306 g/mol. The first-order chi connectivity index (χ1) is 9.24. The summed E-state index contributed by atoms with van der Waals surface area (Å²) in [5.74, 6) is 0.841. The molecule has 0 radical (unpaired) electrons. The van der Waals surface area contributed by atoms with E-state index < -0.39 is 0 Å². The van der Waals surface area contributed by atoms with Crippen LogP contribution in [0.5, 0.6) is 5.75 Å². The summed E-state index contributed by atoms with van der Waals surface area (Å²) in [7, 11) is 1.67. The molecule has 0 unspecified atom stereocenters. The van der Waals surface area contributed by atoms with Crippen LogP contribution in [0.3, 0.4) is 0 Å². The zero-order valence-electron chi connectivity index (χ0n) is 11.2. The summed E-state index contributed by atoms with van der Waals surface area (Å²) in [6, 6.07) is 7.92. The van der Waals surface area contributed by atoms with Crippen molar-refractivity contribution < 1.29 is 4.74 Å². The van der Waals surface area contributed by atoms with Crippen molar-refractivity contribution in [2.24, 2.45) is 0 Å². The average Bonchev–Trinajstić information content (AvgIpc) is 2.86. The highest BCUT2D eigenvalue weighted by Crippen LogP contribution is 2.27. The van der Waals surface area contributed by atoms with Gasteiger partial charge in [0, 0.05) is 23.3 Å². The van der Waals surface area contributed by atoms with Crippen LogP contribution >= 0.6 is 15.9 Å². The number of hydrogen-bond donors (Lipinski definition) is 1. The SMILES string of the molecule is CCCn1nccc1CNc1cc(OC)ccc1Br. The Morgan fingerprint density at radius 3 is 2.95 bits per heavy atom. The fourth-order valence-electron chi connectivity index (χ4n) is 1.88. The summed E-state index contributed by atoms with van der Waals surface area (Å²) >= 11 is 3.53. The van der Waals surface area contributed by atoms with Gasteiger partial charge in [0.15, 0.2) is 0 Å². The van der Waals surface area contributed by atoms with Crippen molar-refractivity contribution in [2.75, 3.05) is 12.4 Å². The standard InChI is InChI=1S/C14H18BrN3O/c1-3-8-18-11(6-7-17-18)10-16-14-9-12(19-2)4-5-13(14)15/h4-7,9,16H,3,8,10H2,1-2H3. The van der Waals surface area contributed by atoms with Crippen LogP contribution in [0.15, 0.2) is 34.9 Å². The van der Waals surface area contributed by atoms with Crippen LogP contribution in [0.2, 0.25) is 0 Å². The average molecular weight is 324 g/mol. The first-order valence-corrected chi connectivity index (χ1v) is 7.12. The van der Waals surface area contributed by atoms with Crippen LogP contribution in [-0.2, 0) is 13.1 Å². The minimum atomic E-state index is 0.742. The summed E-state index contributed by atoms with van der Waals surface area (Å²) in [6.45, 7) is 3.84. The van der Waals surface area contributed by atoms with Gasteiger partial charge >= 0.3 is 0 Å². The van der Waals surface area contributed by atoms with Gasteiger partial charge in [0.1, 0.15) is 5.75 Å². The fourth-order valence-corrected chi connectivity index (χ4v) is 2.26. The van der Waals surface area contributed by atoms with Crippen molar-refractivity contribution in [1.29, 1.82) is 0 Å². The summed E-state index contributed by atoms with van der Waals surface area (Å²) in [4.78, 5) is 0. The molecule has 4 nitrogen and oxygen atoms in total. The van der Waals surface area contributed by atoms with Gasteiger partial charge in [-0.15, -0.1) is 0 Å². The number of aromatic nitrogens is 2. The monoisotopic (exact) mass is 323 g/mol. The van der Waals surface area contributed by atoms with Crippen molar-refractivity contribution in [3.63, 3.8) is 0 Å². The number of rotatable bonds is 6. The smallest absolute Gasteiger partial charge is 0.121 e. The van der Waals surface area contributed by atoms with Crippen LogP contribution in [-0.4, -0.2) is 16.9 Å². The Morgan fingerprint density at radius 2 is 2.21 bits per heavy atom. The maximum absolute atomic E-state index is 5.23. The molecular formula is C14H18BrN3O. The number of nitrogens with zero attached hydrogens (tertiary/aromatic N) is 2. The summed E-state index contributed by atoms with van der Waals surface area (Å²) < 4.78 is 8.28. The molecule has 0 atom stereocenters. The fraction of sp³-hybridized carbons (Fsp3) is 0.357. The zero-order valence-corrected chi connectivity index (χ0v) is 12.8. The summed E-state index contributed by atoms with van der Waals surface area (Å²) in [6.07, 6.45) is 2.92. The van der Waals surface area contributed by atoms with E-state index >= 15 is 0 Å². The molecule has 0 aliphatic carbocycles. The third-order valence-corrected chi connectivity index (χ3v) is 3.56. The highest BCUT2D eigenvalue weighted by Gasteiger charge is 2.05. The van der Waals surface area contributed by atoms with E-state index in [-0.39, 0.29) is 0 Å². The Hall–Kier alpha value is -1.49. The summed E-state index contributed by atoms with van der Waals surface area (Å²) in [5.41, 5.74) is 2.19. The Kier molecular flexibility index (Phi) is 4.85. The minimum absolute atomic E-state index is 0.742. The number of benzene rings is 1. The van der Waals surface area contributed by atoms with Gasteiger partial charge in [-0.3, -0.25) is 4.68 Å². The van der Waals surface area contributed by atoms with Gasteiger partial charge in [-0.25, -0.2) is 0 Å². The normalized spacial score (nSPS) is 10.5. The van der Waals surface area contributed by atoms with Gasteiger partial charge in [-0.2, -0.15) is 5.10 Å². The molecule has 0 saturated heterocycles. The minimum Gasteiger partial charge on any atom is -0.497 e. The lowest BCUT2D eigenvalue weighted by atomic mass is 10.3. The first-order valence-electron chi connectivity index (χ1n) is 6.32. The van der Waals surface area contributed by atoms with E-state index in [1.54, 1.807) is 7.11 Å². The van der Waals surface area contributed by atoms with Crippen molar-refractivity contribution in [3.05, 3.63) is 40.6 Å². The molecule has 1 aromatic carbocycles. The van der Waals surface area contributed by atoms with E-state index in [0.29, 0.717) is 0 Å². The number of methoxy groups -OCH3 is 1. The molecule has 0 aliphatic heterocycles. The van der Waals surface area contributed by atoms with E-state index in [1.807, 2.05) is 35.1 Å². The Morgan fingerprint density at radius 1 is 1.37 bits per heavy atom. The van der Waals surface area contributed by atoms with E-state index in [4.69, 9.17) is 4.74 Å². The van der Waals surface area contributed by atoms with Crippen LogP contribution in [0, 0.1) is 0 Å². The van der Waals surface area contributed by atoms with Crippen molar-refractivity contribution >= 4 is 21.6 Å². The van der Waals surface area contributed by atoms with Gasteiger partial charge < -0.3 is 10.1 Å². The topological polar surface area (TPSA) is 39.1 Å². The number of hydrogen-bond acceptors (Lipinski definition) is 3. The Labute approximate surface area is 121 Å². The molecule has 2 rings (SSSR count). The molecule has 0 spiro atoms. The molecule has 0 amide bonds. The van der Waals surface area contributed by atoms with E-state index in [1.165, 1.54) is 5.69 Å². The predicted octanol–water partition coefficient (Wildman–Crippen LogP) is 3.68. The third-order valence-electron chi connectivity index (χ3n) is 2.87. The lowest BCUT2D eigenvalue weighted by Crippen LogP contribution is -2.09. The van der Waals surface area contributed by atoms with Crippen molar-refractivity contribution in [2.45, 2.75) is 26.4 Å². The van der Waals surface area contributed by atoms with Gasteiger partial charge in [0.25, 0.3) is 0 Å². The maximum Gasteiger partial charge on any atom is 0.121 e. The second kappa shape index (κ2) is 6.61. The second-order valence-corrected chi connectivity index (χ2v) is 5.10. The number of ether oxygens (including phenoxy) is 1.